The molecule has 1 aromatic heterocycles. The van der Waals surface area contributed by atoms with Crippen molar-refractivity contribution in [2.24, 2.45) is 0 Å². The van der Waals surface area contributed by atoms with Crippen molar-refractivity contribution in [2.75, 3.05) is 44.2 Å². The number of aliphatic hydroxyl groups excluding tert-OH is 1. The molecule has 0 saturated carbocycles. The average Bonchev–Trinajstić information content (AvgIpc) is 3.25. The number of hydrogen-bond donors (Lipinski definition) is 1. The Morgan fingerprint density at radius 3 is 2.36 bits per heavy atom. The zero-order valence-corrected chi connectivity index (χ0v) is 16.5. The van der Waals surface area contributed by atoms with Crippen LogP contribution in [0.1, 0.15) is 0 Å². The van der Waals surface area contributed by atoms with Gasteiger partial charge in [-0.2, -0.15) is 9.36 Å². The standard InChI is InChI=1S/C21H24N4O2S/c26-18(16-27-19-9-5-2-6-10-19)15-24-11-13-25(14-12-24)21-22-20(23-28-21)17-7-3-1-4-8-17/h1-10,18,26H,11-16H2. The lowest BCUT2D eigenvalue weighted by Crippen LogP contribution is -2.49. The van der Waals surface area contributed by atoms with Crippen LogP contribution in [0.25, 0.3) is 11.4 Å². The number of hydrogen-bond acceptors (Lipinski definition) is 7. The molecule has 1 saturated heterocycles. The molecule has 1 fully saturated rings. The summed E-state index contributed by atoms with van der Waals surface area (Å²) in [4.78, 5) is 9.24. The maximum Gasteiger partial charge on any atom is 0.205 e. The van der Waals surface area contributed by atoms with E-state index in [1.54, 1.807) is 0 Å². The molecular formula is C21H24N4O2S. The van der Waals surface area contributed by atoms with Gasteiger partial charge >= 0.3 is 0 Å². The highest BCUT2D eigenvalue weighted by atomic mass is 32.1. The van der Waals surface area contributed by atoms with Crippen LogP contribution in [-0.2, 0) is 0 Å². The van der Waals surface area contributed by atoms with Crippen LogP contribution in [0.15, 0.2) is 60.7 Å². The minimum Gasteiger partial charge on any atom is -0.491 e. The second-order valence-corrected chi connectivity index (χ2v) is 7.56. The number of para-hydroxylation sites is 1. The highest BCUT2D eigenvalue weighted by Crippen LogP contribution is 2.24. The van der Waals surface area contributed by atoms with Gasteiger partial charge in [-0.1, -0.05) is 48.5 Å². The highest BCUT2D eigenvalue weighted by Gasteiger charge is 2.22. The fourth-order valence-corrected chi connectivity index (χ4v) is 3.97. The third-order valence-corrected chi connectivity index (χ3v) is 5.52. The summed E-state index contributed by atoms with van der Waals surface area (Å²) >= 11 is 1.45. The number of anilines is 1. The van der Waals surface area contributed by atoms with Crippen molar-refractivity contribution in [1.82, 2.24) is 14.3 Å². The number of rotatable bonds is 7. The van der Waals surface area contributed by atoms with E-state index in [4.69, 9.17) is 9.72 Å². The Morgan fingerprint density at radius 2 is 1.64 bits per heavy atom. The maximum absolute atomic E-state index is 10.3. The molecule has 0 bridgehead atoms. The van der Waals surface area contributed by atoms with Gasteiger partial charge in [0.1, 0.15) is 18.5 Å². The molecule has 0 spiro atoms. The molecule has 0 amide bonds. The van der Waals surface area contributed by atoms with Crippen LogP contribution in [0.4, 0.5) is 5.13 Å². The number of β-amino-alcohol motifs (C(OH)–C–C–N with tert-alkyl or cyclic N) is 1. The van der Waals surface area contributed by atoms with E-state index in [2.05, 4.69) is 14.2 Å². The minimum atomic E-state index is -0.502. The number of nitrogens with zero attached hydrogens (tertiary/aromatic N) is 4. The largest absolute Gasteiger partial charge is 0.491 e. The molecule has 1 atom stereocenters. The van der Waals surface area contributed by atoms with E-state index in [9.17, 15) is 5.11 Å². The molecule has 28 heavy (non-hydrogen) atoms. The first-order chi connectivity index (χ1) is 13.8. The van der Waals surface area contributed by atoms with Crippen molar-refractivity contribution in [1.29, 1.82) is 0 Å². The van der Waals surface area contributed by atoms with Crippen LogP contribution in [0.2, 0.25) is 0 Å². The number of benzene rings is 2. The third-order valence-electron chi connectivity index (χ3n) is 4.74. The first-order valence-electron chi connectivity index (χ1n) is 9.50. The second kappa shape index (κ2) is 9.14. The molecule has 3 aromatic rings. The minimum absolute atomic E-state index is 0.307. The van der Waals surface area contributed by atoms with Crippen LogP contribution >= 0.6 is 11.5 Å². The van der Waals surface area contributed by atoms with Crippen LogP contribution in [0, 0.1) is 0 Å². The average molecular weight is 397 g/mol. The summed E-state index contributed by atoms with van der Waals surface area (Å²) in [7, 11) is 0. The normalized spacial score (nSPS) is 16.1. The van der Waals surface area contributed by atoms with Crippen molar-refractivity contribution >= 4 is 16.7 Å². The molecule has 2 aromatic carbocycles. The monoisotopic (exact) mass is 396 g/mol. The topological polar surface area (TPSA) is 61.7 Å². The van der Waals surface area contributed by atoms with Gasteiger partial charge in [-0.25, -0.2) is 0 Å². The van der Waals surface area contributed by atoms with E-state index < -0.39 is 6.10 Å². The van der Waals surface area contributed by atoms with Crippen LogP contribution in [0.3, 0.4) is 0 Å². The summed E-state index contributed by atoms with van der Waals surface area (Å²) in [6, 6.07) is 19.7. The van der Waals surface area contributed by atoms with E-state index in [1.807, 2.05) is 60.7 Å². The van der Waals surface area contributed by atoms with Gasteiger partial charge in [0.05, 0.1) is 0 Å². The van der Waals surface area contributed by atoms with Crippen molar-refractivity contribution < 1.29 is 9.84 Å². The Labute approximate surface area is 169 Å². The molecule has 0 aliphatic carbocycles. The Morgan fingerprint density at radius 1 is 0.964 bits per heavy atom. The predicted octanol–water partition coefficient (Wildman–Crippen LogP) is 2.77. The number of aromatic nitrogens is 2. The van der Waals surface area contributed by atoms with Gasteiger partial charge in [0, 0.05) is 49.8 Å². The summed E-state index contributed by atoms with van der Waals surface area (Å²) in [5.74, 6) is 1.58. The Kier molecular flexibility index (Phi) is 6.16. The lowest BCUT2D eigenvalue weighted by atomic mass is 10.2. The van der Waals surface area contributed by atoms with Gasteiger partial charge in [0.15, 0.2) is 5.82 Å². The molecule has 0 radical (unpaired) electrons. The van der Waals surface area contributed by atoms with E-state index in [0.717, 1.165) is 48.4 Å². The first-order valence-corrected chi connectivity index (χ1v) is 10.3. The van der Waals surface area contributed by atoms with Gasteiger partial charge in [-0.15, -0.1) is 0 Å². The summed E-state index contributed by atoms with van der Waals surface area (Å²) in [5, 5.41) is 11.2. The van der Waals surface area contributed by atoms with E-state index in [1.165, 1.54) is 11.5 Å². The van der Waals surface area contributed by atoms with Crippen molar-refractivity contribution in [3.63, 3.8) is 0 Å². The lowest BCUT2D eigenvalue weighted by molar-refractivity contribution is 0.0663. The number of ether oxygens (including phenoxy) is 1. The number of aliphatic hydroxyl groups is 1. The van der Waals surface area contributed by atoms with E-state index in [0.29, 0.717) is 13.2 Å². The quantitative estimate of drug-likeness (QED) is 0.663. The summed E-state index contributed by atoms with van der Waals surface area (Å²) in [5.41, 5.74) is 1.05. The van der Waals surface area contributed by atoms with Gasteiger partial charge in [-0.3, -0.25) is 4.90 Å². The summed E-state index contributed by atoms with van der Waals surface area (Å²) in [6.45, 7) is 4.48. The molecule has 7 heteroatoms. The lowest BCUT2D eigenvalue weighted by Gasteiger charge is -2.35. The molecule has 1 aliphatic rings. The maximum atomic E-state index is 10.3. The zero-order chi connectivity index (χ0) is 19.2. The van der Waals surface area contributed by atoms with Gasteiger partial charge < -0.3 is 14.7 Å². The van der Waals surface area contributed by atoms with Crippen molar-refractivity contribution in [3.8, 4) is 17.1 Å². The van der Waals surface area contributed by atoms with E-state index in [-0.39, 0.29) is 0 Å². The zero-order valence-electron chi connectivity index (χ0n) is 15.6. The molecule has 1 aliphatic heterocycles. The Hall–Kier alpha value is -2.48. The Balaban J connectivity index is 1.24. The molecular weight excluding hydrogens is 372 g/mol. The SMILES string of the molecule is OC(COc1ccccc1)CN1CCN(c2nc(-c3ccccc3)ns2)CC1. The van der Waals surface area contributed by atoms with Gasteiger partial charge in [0.2, 0.25) is 5.13 Å². The van der Waals surface area contributed by atoms with Crippen LogP contribution < -0.4 is 9.64 Å². The first kappa shape index (κ1) is 18.9. The molecule has 4 rings (SSSR count). The summed E-state index contributed by atoms with van der Waals surface area (Å²) < 4.78 is 10.1. The number of piperazine rings is 1. The summed E-state index contributed by atoms with van der Waals surface area (Å²) in [6.07, 6.45) is -0.502. The van der Waals surface area contributed by atoms with E-state index >= 15 is 0 Å². The van der Waals surface area contributed by atoms with Crippen molar-refractivity contribution in [2.45, 2.75) is 6.10 Å². The third kappa shape index (κ3) is 4.86. The van der Waals surface area contributed by atoms with Gasteiger partial charge in [-0.05, 0) is 12.1 Å². The van der Waals surface area contributed by atoms with Gasteiger partial charge in [0.25, 0.3) is 0 Å². The molecule has 6 nitrogen and oxygen atoms in total. The predicted molar refractivity (Wildman–Crippen MR) is 112 cm³/mol. The Bertz CT molecular complexity index is 851. The fraction of sp³-hybridized carbons (Fsp3) is 0.333. The van der Waals surface area contributed by atoms with Crippen LogP contribution in [0.5, 0.6) is 5.75 Å². The highest BCUT2D eigenvalue weighted by molar-refractivity contribution is 7.09. The molecule has 146 valence electrons. The van der Waals surface area contributed by atoms with Crippen molar-refractivity contribution in [3.05, 3.63) is 60.7 Å². The fourth-order valence-electron chi connectivity index (χ4n) is 3.23. The van der Waals surface area contributed by atoms with Crippen LogP contribution in [-0.4, -0.2) is 64.8 Å². The molecule has 1 unspecified atom stereocenters. The molecule has 2 heterocycles. The molecule has 1 N–H and O–H groups in total. The second-order valence-electron chi connectivity index (χ2n) is 6.83. The smallest absolute Gasteiger partial charge is 0.205 e.